The second-order valence-electron chi connectivity index (χ2n) is 6.71. The fourth-order valence-electron chi connectivity index (χ4n) is 3.36. The second-order valence-corrected chi connectivity index (χ2v) is 7.14. The fraction of sp³-hybridized carbons (Fsp3) is 0.316. The first-order valence-electron chi connectivity index (χ1n) is 7.86. The summed E-state index contributed by atoms with van der Waals surface area (Å²) in [6.45, 7) is 6.21. The van der Waals surface area contributed by atoms with E-state index in [2.05, 4.69) is 50.0 Å². The minimum Gasteiger partial charge on any atom is -0.467 e. The molecule has 0 radical (unpaired) electrons. The zero-order chi connectivity index (χ0) is 16.2. The summed E-state index contributed by atoms with van der Waals surface area (Å²) in [5.74, 6) is 0.904. The predicted octanol–water partition coefficient (Wildman–Crippen LogP) is 4.93. The highest BCUT2D eigenvalue weighted by atomic mass is 35.5. The van der Waals surface area contributed by atoms with Crippen LogP contribution >= 0.6 is 11.6 Å². The van der Waals surface area contributed by atoms with Crippen LogP contribution in [0.15, 0.2) is 47.6 Å². The summed E-state index contributed by atoms with van der Waals surface area (Å²) in [5.41, 5.74) is 4.16. The maximum Gasteiger partial charge on any atom is 0.192 e. The molecule has 23 heavy (non-hydrogen) atoms. The number of hydrogen-bond acceptors (Lipinski definition) is 3. The molecule has 118 valence electrons. The first-order chi connectivity index (χ1) is 10.9. The second kappa shape index (κ2) is 5.00. The Morgan fingerprint density at radius 1 is 1.17 bits per heavy atom. The topological polar surface area (TPSA) is 24.8 Å². The molecule has 4 heteroatoms. The molecule has 0 saturated heterocycles. The molecule has 0 saturated carbocycles. The van der Waals surface area contributed by atoms with Crippen LogP contribution in [0.3, 0.4) is 0 Å². The summed E-state index contributed by atoms with van der Waals surface area (Å²) in [6, 6.07) is 14.5. The molecule has 2 aliphatic rings. The molecule has 2 heterocycles. The predicted molar refractivity (Wildman–Crippen MR) is 93.1 cm³/mol. The summed E-state index contributed by atoms with van der Waals surface area (Å²) in [7, 11) is 0. The summed E-state index contributed by atoms with van der Waals surface area (Å²) in [5, 5.41) is 7.68. The number of hydrazone groups is 1. The number of hydrogen-bond donors (Lipinski definition) is 0. The molecule has 1 atom stereocenters. The van der Waals surface area contributed by atoms with Gasteiger partial charge in [0.15, 0.2) is 5.72 Å². The Kier molecular flexibility index (Phi) is 3.17. The summed E-state index contributed by atoms with van der Waals surface area (Å²) in [6.07, 6.45) is 0.864. The highest BCUT2D eigenvalue weighted by Gasteiger charge is 2.44. The van der Waals surface area contributed by atoms with Crippen molar-refractivity contribution in [2.24, 2.45) is 5.10 Å². The van der Waals surface area contributed by atoms with Gasteiger partial charge >= 0.3 is 0 Å². The Hall–Kier alpha value is -2.00. The standard InChI is InChI=1S/C19H19ClN2O/c1-12-4-6-13(7-5-12)16-11-17-15-10-14(20)8-9-18(15)23-19(2,3)22(17)21-16/h4-10,17H,11H2,1-3H3/t17-/m1/s1. The Labute approximate surface area is 141 Å². The largest absolute Gasteiger partial charge is 0.467 e. The molecule has 0 fully saturated rings. The Morgan fingerprint density at radius 2 is 1.91 bits per heavy atom. The van der Waals surface area contributed by atoms with E-state index < -0.39 is 5.72 Å². The highest BCUT2D eigenvalue weighted by Crippen LogP contribution is 2.47. The van der Waals surface area contributed by atoms with Crippen LogP contribution in [-0.4, -0.2) is 16.4 Å². The van der Waals surface area contributed by atoms with Crippen LogP contribution in [0.5, 0.6) is 5.75 Å². The van der Waals surface area contributed by atoms with Crippen LogP contribution in [0.1, 0.15) is 43.0 Å². The SMILES string of the molecule is Cc1ccc(C2=NN3[C@H](C2)c2cc(Cl)ccc2OC3(C)C)cc1. The van der Waals surface area contributed by atoms with Crippen molar-refractivity contribution in [3.05, 3.63) is 64.2 Å². The maximum absolute atomic E-state index is 6.20. The monoisotopic (exact) mass is 326 g/mol. The van der Waals surface area contributed by atoms with Gasteiger partial charge in [0, 0.05) is 17.0 Å². The lowest BCUT2D eigenvalue weighted by atomic mass is 9.95. The third-order valence-corrected chi connectivity index (χ3v) is 4.77. The van der Waals surface area contributed by atoms with Gasteiger partial charge in [-0.25, -0.2) is 5.01 Å². The van der Waals surface area contributed by atoms with Gasteiger partial charge in [0.25, 0.3) is 0 Å². The summed E-state index contributed by atoms with van der Waals surface area (Å²) >= 11 is 6.20. The summed E-state index contributed by atoms with van der Waals surface area (Å²) < 4.78 is 6.15. The van der Waals surface area contributed by atoms with Crippen LogP contribution in [0, 0.1) is 6.92 Å². The molecule has 0 amide bonds. The Morgan fingerprint density at radius 3 is 2.65 bits per heavy atom. The van der Waals surface area contributed by atoms with Gasteiger partial charge in [0.1, 0.15) is 5.75 Å². The first-order valence-corrected chi connectivity index (χ1v) is 8.24. The van der Waals surface area contributed by atoms with Crippen LogP contribution in [0.2, 0.25) is 5.02 Å². The van der Waals surface area contributed by atoms with E-state index in [9.17, 15) is 0 Å². The number of fused-ring (bicyclic) bond motifs is 3. The van der Waals surface area contributed by atoms with Gasteiger partial charge in [-0.05, 0) is 44.5 Å². The van der Waals surface area contributed by atoms with Crippen molar-refractivity contribution in [1.82, 2.24) is 5.01 Å². The number of nitrogens with zero attached hydrogens (tertiary/aromatic N) is 2. The Balaban J connectivity index is 1.77. The van der Waals surface area contributed by atoms with Gasteiger partial charge in [0.05, 0.1) is 11.8 Å². The number of aryl methyl sites for hydroxylation is 1. The van der Waals surface area contributed by atoms with Crippen molar-refractivity contribution in [3.63, 3.8) is 0 Å². The number of rotatable bonds is 1. The van der Waals surface area contributed by atoms with Gasteiger partial charge in [-0.15, -0.1) is 0 Å². The van der Waals surface area contributed by atoms with E-state index >= 15 is 0 Å². The highest BCUT2D eigenvalue weighted by molar-refractivity contribution is 6.30. The van der Waals surface area contributed by atoms with E-state index in [-0.39, 0.29) is 6.04 Å². The molecule has 0 unspecified atom stereocenters. The van der Waals surface area contributed by atoms with Gasteiger partial charge in [-0.1, -0.05) is 41.4 Å². The number of benzene rings is 2. The minimum atomic E-state index is -0.474. The third kappa shape index (κ3) is 2.40. The average Bonchev–Trinajstić information content (AvgIpc) is 2.95. The van der Waals surface area contributed by atoms with Crippen molar-refractivity contribution in [1.29, 1.82) is 0 Å². The maximum atomic E-state index is 6.20. The molecule has 2 aromatic rings. The Bertz CT molecular complexity index is 796. The fourth-order valence-corrected chi connectivity index (χ4v) is 3.54. The van der Waals surface area contributed by atoms with Gasteiger partial charge in [-0.3, -0.25) is 0 Å². The van der Waals surface area contributed by atoms with Crippen LogP contribution in [-0.2, 0) is 0 Å². The zero-order valence-corrected chi connectivity index (χ0v) is 14.3. The van der Waals surface area contributed by atoms with Crippen LogP contribution < -0.4 is 4.74 Å². The van der Waals surface area contributed by atoms with E-state index in [1.807, 2.05) is 18.2 Å². The molecule has 0 N–H and O–H groups in total. The zero-order valence-electron chi connectivity index (χ0n) is 13.5. The summed E-state index contributed by atoms with van der Waals surface area (Å²) in [4.78, 5) is 0. The molecule has 3 nitrogen and oxygen atoms in total. The molecule has 0 aliphatic carbocycles. The third-order valence-electron chi connectivity index (χ3n) is 4.54. The van der Waals surface area contributed by atoms with Gasteiger partial charge < -0.3 is 4.74 Å². The van der Waals surface area contributed by atoms with Gasteiger partial charge in [-0.2, -0.15) is 5.10 Å². The van der Waals surface area contributed by atoms with Gasteiger partial charge in [0.2, 0.25) is 0 Å². The molecule has 0 spiro atoms. The molecule has 2 aliphatic heterocycles. The van der Waals surface area contributed by atoms with E-state index in [0.29, 0.717) is 0 Å². The number of halogens is 1. The molecule has 0 bridgehead atoms. The lowest BCUT2D eigenvalue weighted by Gasteiger charge is -2.43. The van der Waals surface area contributed by atoms with Crippen LogP contribution in [0.25, 0.3) is 0 Å². The average molecular weight is 327 g/mol. The smallest absolute Gasteiger partial charge is 0.192 e. The lowest BCUT2D eigenvalue weighted by Crippen LogP contribution is -2.48. The number of ether oxygens (including phenoxy) is 1. The van der Waals surface area contributed by atoms with Crippen molar-refractivity contribution in [2.45, 2.75) is 39.0 Å². The molecular formula is C19H19ClN2O. The lowest BCUT2D eigenvalue weighted by molar-refractivity contribution is -0.0911. The van der Waals surface area contributed by atoms with Crippen molar-refractivity contribution in [2.75, 3.05) is 0 Å². The van der Waals surface area contributed by atoms with E-state index in [0.717, 1.165) is 28.5 Å². The molecule has 0 aromatic heterocycles. The van der Waals surface area contributed by atoms with Crippen LogP contribution in [0.4, 0.5) is 0 Å². The quantitative estimate of drug-likeness (QED) is 0.742. The molecular weight excluding hydrogens is 308 g/mol. The molecule has 2 aromatic carbocycles. The van der Waals surface area contributed by atoms with E-state index in [4.69, 9.17) is 21.4 Å². The van der Waals surface area contributed by atoms with Crippen molar-refractivity contribution in [3.8, 4) is 5.75 Å². The normalized spacial score (nSPS) is 21.3. The minimum absolute atomic E-state index is 0.170. The van der Waals surface area contributed by atoms with E-state index in [1.165, 1.54) is 11.1 Å². The first kappa shape index (κ1) is 14.6. The molecule has 4 rings (SSSR count). The van der Waals surface area contributed by atoms with E-state index in [1.54, 1.807) is 0 Å². The van der Waals surface area contributed by atoms with Crippen molar-refractivity contribution < 1.29 is 4.74 Å². The van der Waals surface area contributed by atoms with Crippen molar-refractivity contribution >= 4 is 17.3 Å².